The zero-order chi connectivity index (χ0) is 8.97. The van der Waals surface area contributed by atoms with E-state index in [1.807, 2.05) is 0 Å². The molecule has 0 N–H and O–H groups in total. The molecule has 2 heteroatoms. The third-order valence-corrected chi connectivity index (χ3v) is 3.11. The molecular weight excluding hydrogens is 170 g/mol. The van der Waals surface area contributed by atoms with Crippen LogP contribution in [-0.2, 0) is 0 Å². The number of alkyl halides is 1. The van der Waals surface area contributed by atoms with Gasteiger partial charge in [-0.25, -0.2) is 0 Å². The molecule has 1 heterocycles. The average Bonchev–Trinajstić information content (AvgIpc) is 2.06. The van der Waals surface area contributed by atoms with E-state index in [-0.39, 0.29) is 0 Å². The van der Waals surface area contributed by atoms with Gasteiger partial charge in [-0.15, -0.1) is 11.6 Å². The maximum absolute atomic E-state index is 5.72. The van der Waals surface area contributed by atoms with E-state index in [9.17, 15) is 0 Å². The van der Waals surface area contributed by atoms with Crippen LogP contribution in [0.5, 0.6) is 0 Å². The monoisotopic (exact) mass is 189 g/mol. The number of likely N-dealkylation sites (tertiary alicyclic amines) is 1. The summed E-state index contributed by atoms with van der Waals surface area (Å²) in [5, 5.41) is 0. The molecule has 0 aliphatic carbocycles. The van der Waals surface area contributed by atoms with Gasteiger partial charge in [0.25, 0.3) is 0 Å². The van der Waals surface area contributed by atoms with E-state index in [0.29, 0.717) is 0 Å². The van der Waals surface area contributed by atoms with Crippen molar-refractivity contribution in [3.8, 4) is 0 Å². The fourth-order valence-electron chi connectivity index (χ4n) is 1.91. The fraction of sp³-hybridized carbons (Fsp3) is 1.00. The van der Waals surface area contributed by atoms with E-state index in [0.717, 1.165) is 17.8 Å². The SMILES string of the molecule is CC(C)N1CCC(CCCl)CC1. The second-order valence-electron chi connectivity index (χ2n) is 4.05. The quantitative estimate of drug-likeness (QED) is 0.618. The normalized spacial score (nSPS) is 22.0. The number of piperidine rings is 1. The zero-order valence-electron chi connectivity index (χ0n) is 8.22. The zero-order valence-corrected chi connectivity index (χ0v) is 8.98. The fourth-order valence-corrected chi connectivity index (χ4v) is 2.22. The number of hydrogen-bond acceptors (Lipinski definition) is 1. The van der Waals surface area contributed by atoms with E-state index in [1.165, 1.54) is 32.4 Å². The topological polar surface area (TPSA) is 3.24 Å². The first-order valence-electron chi connectivity index (χ1n) is 5.04. The van der Waals surface area contributed by atoms with Crippen molar-refractivity contribution in [2.75, 3.05) is 19.0 Å². The molecule has 0 aromatic rings. The van der Waals surface area contributed by atoms with Crippen molar-refractivity contribution < 1.29 is 0 Å². The predicted octanol–water partition coefficient (Wildman–Crippen LogP) is 2.74. The van der Waals surface area contributed by atoms with Gasteiger partial charge in [-0.2, -0.15) is 0 Å². The van der Waals surface area contributed by atoms with Gasteiger partial charge in [0.1, 0.15) is 0 Å². The van der Waals surface area contributed by atoms with Crippen LogP contribution in [0.25, 0.3) is 0 Å². The van der Waals surface area contributed by atoms with Crippen molar-refractivity contribution in [3.63, 3.8) is 0 Å². The molecule has 1 aliphatic rings. The highest BCUT2D eigenvalue weighted by molar-refractivity contribution is 6.17. The molecule has 0 spiro atoms. The summed E-state index contributed by atoms with van der Waals surface area (Å²) in [5.41, 5.74) is 0. The summed E-state index contributed by atoms with van der Waals surface area (Å²) in [4.78, 5) is 2.56. The molecule has 0 amide bonds. The first-order chi connectivity index (χ1) is 5.74. The van der Waals surface area contributed by atoms with Gasteiger partial charge in [-0.3, -0.25) is 0 Å². The van der Waals surface area contributed by atoms with Crippen molar-refractivity contribution in [3.05, 3.63) is 0 Å². The molecule has 0 unspecified atom stereocenters. The first-order valence-corrected chi connectivity index (χ1v) is 5.57. The highest BCUT2D eigenvalue weighted by Crippen LogP contribution is 2.21. The Balaban J connectivity index is 2.20. The predicted molar refractivity (Wildman–Crippen MR) is 54.8 cm³/mol. The van der Waals surface area contributed by atoms with Crippen LogP contribution in [0.3, 0.4) is 0 Å². The highest BCUT2D eigenvalue weighted by Gasteiger charge is 2.19. The van der Waals surface area contributed by atoms with Gasteiger partial charge in [-0.05, 0) is 52.1 Å². The summed E-state index contributed by atoms with van der Waals surface area (Å²) in [6, 6.07) is 0.724. The lowest BCUT2D eigenvalue weighted by molar-refractivity contribution is 0.148. The number of hydrogen-bond donors (Lipinski definition) is 0. The summed E-state index contributed by atoms with van der Waals surface area (Å²) < 4.78 is 0. The van der Waals surface area contributed by atoms with Crippen LogP contribution in [0.2, 0.25) is 0 Å². The van der Waals surface area contributed by atoms with Gasteiger partial charge in [0, 0.05) is 11.9 Å². The van der Waals surface area contributed by atoms with Gasteiger partial charge in [-0.1, -0.05) is 0 Å². The first kappa shape index (κ1) is 10.3. The van der Waals surface area contributed by atoms with Crippen LogP contribution >= 0.6 is 11.6 Å². The van der Waals surface area contributed by atoms with Crippen molar-refractivity contribution in [1.29, 1.82) is 0 Å². The molecule has 1 rings (SSSR count). The van der Waals surface area contributed by atoms with Crippen LogP contribution in [0.4, 0.5) is 0 Å². The van der Waals surface area contributed by atoms with Crippen molar-refractivity contribution in [2.45, 2.75) is 39.2 Å². The average molecular weight is 190 g/mol. The third-order valence-electron chi connectivity index (χ3n) is 2.90. The van der Waals surface area contributed by atoms with Gasteiger partial charge >= 0.3 is 0 Å². The molecule has 1 saturated heterocycles. The van der Waals surface area contributed by atoms with Crippen LogP contribution in [0.1, 0.15) is 33.1 Å². The highest BCUT2D eigenvalue weighted by atomic mass is 35.5. The number of halogens is 1. The minimum Gasteiger partial charge on any atom is -0.301 e. The molecule has 1 fully saturated rings. The largest absolute Gasteiger partial charge is 0.301 e. The Labute approximate surface area is 81.1 Å². The Morgan fingerprint density at radius 3 is 2.33 bits per heavy atom. The van der Waals surface area contributed by atoms with E-state index in [4.69, 9.17) is 11.6 Å². The summed E-state index contributed by atoms with van der Waals surface area (Å²) >= 11 is 5.72. The summed E-state index contributed by atoms with van der Waals surface area (Å²) in [7, 11) is 0. The van der Waals surface area contributed by atoms with Gasteiger partial charge in [0.15, 0.2) is 0 Å². The van der Waals surface area contributed by atoms with E-state index in [1.54, 1.807) is 0 Å². The van der Waals surface area contributed by atoms with Gasteiger partial charge in [0.2, 0.25) is 0 Å². The molecular formula is C10H20ClN. The van der Waals surface area contributed by atoms with Gasteiger partial charge in [0.05, 0.1) is 0 Å². The van der Waals surface area contributed by atoms with E-state index in [2.05, 4.69) is 18.7 Å². The Kier molecular flexibility index (Phi) is 4.38. The second-order valence-corrected chi connectivity index (χ2v) is 4.43. The Morgan fingerprint density at radius 1 is 1.33 bits per heavy atom. The molecule has 0 radical (unpaired) electrons. The molecule has 12 heavy (non-hydrogen) atoms. The van der Waals surface area contributed by atoms with E-state index >= 15 is 0 Å². The van der Waals surface area contributed by atoms with Gasteiger partial charge < -0.3 is 4.90 Å². The van der Waals surface area contributed by atoms with E-state index < -0.39 is 0 Å². The summed E-state index contributed by atoms with van der Waals surface area (Å²) in [6.07, 6.45) is 3.92. The van der Waals surface area contributed by atoms with Crippen LogP contribution < -0.4 is 0 Å². The van der Waals surface area contributed by atoms with Crippen LogP contribution in [0.15, 0.2) is 0 Å². The van der Waals surface area contributed by atoms with Crippen molar-refractivity contribution in [1.82, 2.24) is 4.90 Å². The molecule has 0 aromatic heterocycles. The Hall–Kier alpha value is 0.250. The smallest absolute Gasteiger partial charge is 0.0226 e. The molecule has 0 bridgehead atoms. The lowest BCUT2D eigenvalue weighted by atomic mass is 9.94. The molecule has 1 aliphatic heterocycles. The summed E-state index contributed by atoms with van der Waals surface area (Å²) in [6.45, 7) is 7.11. The summed E-state index contributed by atoms with van der Waals surface area (Å²) in [5.74, 6) is 1.74. The van der Waals surface area contributed by atoms with Crippen molar-refractivity contribution in [2.24, 2.45) is 5.92 Å². The molecule has 72 valence electrons. The maximum Gasteiger partial charge on any atom is 0.0226 e. The minimum absolute atomic E-state index is 0.724. The lowest BCUT2D eigenvalue weighted by Gasteiger charge is -2.34. The molecule has 0 saturated carbocycles. The second kappa shape index (κ2) is 5.08. The lowest BCUT2D eigenvalue weighted by Crippen LogP contribution is -2.38. The standard InChI is InChI=1S/C10H20ClN/c1-9(2)12-7-4-10(3-6-11)5-8-12/h9-10H,3-8H2,1-2H3. The number of nitrogens with zero attached hydrogens (tertiary/aromatic N) is 1. The molecule has 1 nitrogen and oxygen atoms in total. The third kappa shape index (κ3) is 2.95. The number of rotatable bonds is 3. The minimum atomic E-state index is 0.724. The Morgan fingerprint density at radius 2 is 1.92 bits per heavy atom. The molecule has 0 atom stereocenters. The van der Waals surface area contributed by atoms with Crippen LogP contribution in [-0.4, -0.2) is 29.9 Å². The molecule has 0 aromatic carbocycles. The van der Waals surface area contributed by atoms with Crippen LogP contribution in [0, 0.1) is 5.92 Å². The van der Waals surface area contributed by atoms with Crippen molar-refractivity contribution >= 4 is 11.6 Å². The maximum atomic E-state index is 5.72. The Bertz CT molecular complexity index is 117.